The molecule has 0 aliphatic rings. The third kappa shape index (κ3) is 3.21. The Kier molecular flexibility index (Phi) is 5.12. The fourth-order valence-electron chi connectivity index (χ4n) is 1.75. The number of hydrogen-bond acceptors (Lipinski definition) is 4. The quantitative estimate of drug-likeness (QED) is 0.684. The van der Waals surface area contributed by atoms with Crippen LogP contribution in [0.2, 0.25) is 0 Å². The summed E-state index contributed by atoms with van der Waals surface area (Å²) in [5.41, 5.74) is 12.8. The maximum Gasteiger partial charge on any atom is 0.255 e. The van der Waals surface area contributed by atoms with Crippen molar-refractivity contribution in [3.63, 3.8) is 0 Å². The van der Waals surface area contributed by atoms with Crippen LogP contribution in [0.3, 0.4) is 0 Å². The van der Waals surface area contributed by atoms with Crippen molar-refractivity contribution in [2.24, 2.45) is 5.73 Å². The first kappa shape index (κ1) is 14.5. The lowest BCUT2D eigenvalue weighted by atomic mass is 9.96. The van der Waals surface area contributed by atoms with Crippen LogP contribution in [0.25, 0.3) is 0 Å². The molecule has 0 saturated carbocycles. The number of hydrazine groups is 1. The lowest BCUT2D eigenvalue weighted by Gasteiger charge is -2.17. The van der Waals surface area contributed by atoms with Crippen molar-refractivity contribution < 1.29 is 9.53 Å². The fourth-order valence-corrected chi connectivity index (χ4v) is 1.75. The van der Waals surface area contributed by atoms with Crippen molar-refractivity contribution in [1.82, 2.24) is 10.9 Å². The second-order valence-corrected chi connectivity index (χ2v) is 4.37. The molecule has 0 heterocycles. The fraction of sp³-hybridized carbons (Fsp3) is 0.462. The number of rotatable bonds is 5. The molecule has 18 heavy (non-hydrogen) atoms. The predicted molar refractivity (Wildman–Crippen MR) is 71.2 cm³/mol. The van der Waals surface area contributed by atoms with E-state index in [1.54, 1.807) is 14.2 Å². The molecule has 0 spiro atoms. The van der Waals surface area contributed by atoms with Crippen molar-refractivity contribution in [2.45, 2.75) is 25.8 Å². The van der Waals surface area contributed by atoms with Crippen LogP contribution in [0.5, 0.6) is 5.75 Å². The third-order valence-electron chi connectivity index (χ3n) is 2.77. The molecule has 0 aliphatic carbocycles. The maximum atomic E-state index is 11.6. The summed E-state index contributed by atoms with van der Waals surface area (Å²) < 4.78 is 5.30. The lowest BCUT2D eigenvalue weighted by molar-refractivity contribution is -0.123. The number of carbonyl (C=O) groups excluding carboxylic acids is 1. The summed E-state index contributed by atoms with van der Waals surface area (Å²) in [7, 11) is 3.26. The summed E-state index contributed by atoms with van der Waals surface area (Å²) in [5.74, 6) is 0.854. The summed E-state index contributed by atoms with van der Waals surface area (Å²) in [6, 6.07) is 4.88. The van der Waals surface area contributed by atoms with Gasteiger partial charge in [0.25, 0.3) is 5.91 Å². The van der Waals surface area contributed by atoms with E-state index >= 15 is 0 Å². The van der Waals surface area contributed by atoms with E-state index in [1.165, 1.54) is 0 Å². The summed E-state index contributed by atoms with van der Waals surface area (Å²) in [6.07, 6.45) is 0. The van der Waals surface area contributed by atoms with Crippen LogP contribution in [0, 0.1) is 0 Å². The molecule has 0 bridgehead atoms. The second-order valence-electron chi connectivity index (χ2n) is 4.37. The third-order valence-corrected chi connectivity index (χ3v) is 2.77. The van der Waals surface area contributed by atoms with E-state index in [1.807, 2.05) is 18.2 Å². The molecule has 100 valence electrons. The van der Waals surface area contributed by atoms with Crippen molar-refractivity contribution >= 4 is 5.91 Å². The number of methoxy groups -OCH3 is 1. The second kappa shape index (κ2) is 6.37. The smallest absolute Gasteiger partial charge is 0.255 e. The standard InChI is InChI=1S/C13H21N3O2/c1-8(2)10-7-9(5-6-11(10)18-4)12(14)13(17)16-15-3/h5-8,12,15H,14H2,1-4H3,(H,16,17). The highest BCUT2D eigenvalue weighted by Crippen LogP contribution is 2.28. The van der Waals surface area contributed by atoms with Crippen LogP contribution in [0.15, 0.2) is 18.2 Å². The van der Waals surface area contributed by atoms with Crippen LogP contribution >= 0.6 is 0 Å². The van der Waals surface area contributed by atoms with E-state index in [4.69, 9.17) is 10.5 Å². The number of hydrogen-bond donors (Lipinski definition) is 3. The Labute approximate surface area is 108 Å². The molecule has 0 radical (unpaired) electrons. The van der Waals surface area contributed by atoms with Gasteiger partial charge in [-0.1, -0.05) is 19.9 Å². The van der Waals surface area contributed by atoms with Gasteiger partial charge in [0.2, 0.25) is 0 Å². The SMILES string of the molecule is CNNC(=O)C(N)c1ccc(OC)c(C(C)C)c1. The van der Waals surface area contributed by atoms with Gasteiger partial charge in [0.05, 0.1) is 7.11 Å². The van der Waals surface area contributed by atoms with Gasteiger partial charge in [0, 0.05) is 7.05 Å². The first-order chi connectivity index (χ1) is 8.51. The molecule has 1 rings (SSSR count). The minimum Gasteiger partial charge on any atom is -0.496 e. The van der Waals surface area contributed by atoms with Gasteiger partial charge in [0.1, 0.15) is 11.8 Å². The van der Waals surface area contributed by atoms with Crippen molar-refractivity contribution in [1.29, 1.82) is 0 Å². The van der Waals surface area contributed by atoms with E-state index in [0.717, 1.165) is 16.9 Å². The molecular weight excluding hydrogens is 230 g/mol. The van der Waals surface area contributed by atoms with E-state index in [2.05, 4.69) is 24.7 Å². The maximum absolute atomic E-state index is 11.6. The monoisotopic (exact) mass is 251 g/mol. The van der Waals surface area contributed by atoms with Gasteiger partial charge < -0.3 is 10.5 Å². The Hall–Kier alpha value is -1.59. The average molecular weight is 251 g/mol. The van der Waals surface area contributed by atoms with Gasteiger partial charge in [-0.3, -0.25) is 10.2 Å². The largest absolute Gasteiger partial charge is 0.496 e. The van der Waals surface area contributed by atoms with Gasteiger partial charge in [-0.25, -0.2) is 5.43 Å². The van der Waals surface area contributed by atoms with E-state index in [0.29, 0.717) is 5.92 Å². The van der Waals surface area contributed by atoms with Crippen molar-refractivity contribution in [3.05, 3.63) is 29.3 Å². The van der Waals surface area contributed by atoms with Crippen molar-refractivity contribution in [2.75, 3.05) is 14.2 Å². The first-order valence-corrected chi connectivity index (χ1v) is 5.91. The average Bonchev–Trinajstić information content (AvgIpc) is 2.37. The molecule has 0 fully saturated rings. The van der Waals surface area contributed by atoms with Crippen LogP contribution in [-0.4, -0.2) is 20.1 Å². The molecule has 1 aromatic rings. The number of nitrogens with two attached hydrogens (primary N) is 1. The normalized spacial score (nSPS) is 12.3. The highest BCUT2D eigenvalue weighted by molar-refractivity contribution is 5.82. The van der Waals surface area contributed by atoms with Crippen LogP contribution < -0.4 is 21.3 Å². The molecule has 1 aromatic carbocycles. The Morgan fingerprint density at radius 3 is 2.56 bits per heavy atom. The topological polar surface area (TPSA) is 76.4 Å². The molecule has 1 amide bonds. The van der Waals surface area contributed by atoms with Crippen molar-refractivity contribution in [3.8, 4) is 5.75 Å². The predicted octanol–water partition coefficient (Wildman–Crippen LogP) is 1.07. The van der Waals surface area contributed by atoms with Crippen LogP contribution in [0.4, 0.5) is 0 Å². The highest BCUT2D eigenvalue weighted by Gasteiger charge is 2.17. The lowest BCUT2D eigenvalue weighted by Crippen LogP contribution is -2.40. The van der Waals surface area contributed by atoms with Gasteiger partial charge >= 0.3 is 0 Å². The van der Waals surface area contributed by atoms with E-state index in [9.17, 15) is 4.79 Å². The van der Waals surface area contributed by atoms with Gasteiger partial charge in [-0.05, 0) is 29.2 Å². The zero-order chi connectivity index (χ0) is 13.7. The summed E-state index contributed by atoms with van der Waals surface area (Å²) >= 11 is 0. The zero-order valence-corrected chi connectivity index (χ0v) is 11.3. The number of nitrogens with one attached hydrogen (secondary N) is 2. The molecule has 5 heteroatoms. The van der Waals surface area contributed by atoms with E-state index < -0.39 is 6.04 Å². The number of carbonyl (C=O) groups is 1. The molecule has 5 nitrogen and oxygen atoms in total. The van der Waals surface area contributed by atoms with Crippen LogP contribution in [0.1, 0.15) is 36.9 Å². The molecule has 0 saturated heterocycles. The Morgan fingerprint density at radius 2 is 2.06 bits per heavy atom. The number of amides is 1. The number of ether oxygens (including phenoxy) is 1. The minimum absolute atomic E-state index is 0.266. The zero-order valence-electron chi connectivity index (χ0n) is 11.3. The molecule has 4 N–H and O–H groups in total. The molecular formula is C13H21N3O2. The van der Waals surface area contributed by atoms with Crippen LogP contribution in [-0.2, 0) is 4.79 Å². The Morgan fingerprint density at radius 1 is 1.39 bits per heavy atom. The Bertz CT molecular complexity index is 419. The van der Waals surface area contributed by atoms with E-state index in [-0.39, 0.29) is 5.91 Å². The van der Waals surface area contributed by atoms with Gasteiger partial charge in [-0.15, -0.1) is 0 Å². The molecule has 1 unspecified atom stereocenters. The Balaban J connectivity index is 3.04. The molecule has 0 aromatic heterocycles. The summed E-state index contributed by atoms with van der Waals surface area (Å²) in [5, 5.41) is 0. The van der Waals surface area contributed by atoms with Gasteiger partial charge in [0.15, 0.2) is 0 Å². The highest BCUT2D eigenvalue weighted by atomic mass is 16.5. The molecule has 0 aliphatic heterocycles. The molecule has 1 atom stereocenters. The first-order valence-electron chi connectivity index (χ1n) is 5.91. The summed E-state index contributed by atoms with van der Waals surface area (Å²) in [4.78, 5) is 11.6. The number of benzene rings is 1. The van der Waals surface area contributed by atoms with Gasteiger partial charge in [-0.2, -0.15) is 0 Å². The minimum atomic E-state index is -0.694. The summed E-state index contributed by atoms with van der Waals surface area (Å²) in [6.45, 7) is 4.14.